The largest absolute Gasteiger partial charge is 0.467 e. The Hall–Kier alpha value is -3.76. The summed E-state index contributed by atoms with van der Waals surface area (Å²) in [6.45, 7) is 3.16. The van der Waals surface area contributed by atoms with Gasteiger partial charge in [-0.2, -0.15) is 0 Å². The first kappa shape index (κ1) is 26.8. The summed E-state index contributed by atoms with van der Waals surface area (Å²) in [5, 5.41) is -0.0990. The zero-order chi connectivity index (χ0) is 27.4. The van der Waals surface area contributed by atoms with Crippen LogP contribution < -0.4 is 0 Å². The van der Waals surface area contributed by atoms with Crippen molar-refractivity contribution in [3.05, 3.63) is 107 Å². The van der Waals surface area contributed by atoms with E-state index < -0.39 is 15.7 Å². The molecule has 1 aliphatic heterocycles. The molecule has 0 saturated carbocycles. The average molecular weight is 552 g/mol. The number of ether oxygens (including phenoxy) is 1. The molecule has 1 atom stereocenters. The minimum atomic E-state index is -3.89. The van der Waals surface area contributed by atoms with Gasteiger partial charge < -0.3 is 18.6 Å². The van der Waals surface area contributed by atoms with E-state index in [1.165, 1.54) is 30.5 Å². The Morgan fingerprint density at radius 2 is 1.87 bits per heavy atom. The van der Waals surface area contributed by atoms with Gasteiger partial charge in [-0.05, 0) is 61.7 Å². The fourth-order valence-electron chi connectivity index (χ4n) is 4.68. The fourth-order valence-corrected chi connectivity index (χ4v) is 6.18. The highest BCUT2D eigenvalue weighted by molar-refractivity contribution is 7.90. The molecule has 0 aliphatic carbocycles. The fraction of sp³-hybridized carbons (Fsp3) is 0.310. The van der Waals surface area contributed by atoms with Crippen LogP contribution >= 0.6 is 0 Å². The Balaban J connectivity index is 1.48. The van der Waals surface area contributed by atoms with Crippen molar-refractivity contribution in [2.24, 2.45) is 0 Å². The lowest BCUT2D eigenvalue weighted by Crippen LogP contribution is -2.32. The van der Waals surface area contributed by atoms with E-state index in [-0.39, 0.29) is 36.0 Å². The highest BCUT2D eigenvalue weighted by atomic mass is 32.2. The van der Waals surface area contributed by atoms with E-state index in [9.17, 15) is 17.6 Å². The van der Waals surface area contributed by atoms with E-state index in [0.717, 1.165) is 18.4 Å². The number of carbonyl (C=O) groups excluding carboxylic acids is 1. The smallest absolute Gasteiger partial charge is 0.254 e. The van der Waals surface area contributed by atoms with Gasteiger partial charge in [0.15, 0.2) is 0 Å². The van der Waals surface area contributed by atoms with E-state index in [1.807, 2.05) is 19.1 Å². The molecule has 204 valence electrons. The number of sulfone groups is 1. The van der Waals surface area contributed by atoms with Crippen molar-refractivity contribution in [2.45, 2.75) is 56.4 Å². The van der Waals surface area contributed by atoms with Crippen LogP contribution in [0.5, 0.6) is 0 Å². The molecule has 0 spiro atoms. The molecule has 1 aliphatic rings. The number of benzene rings is 2. The molecule has 4 aromatic rings. The second-order valence-electron chi connectivity index (χ2n) is 9.77. The molecular formula is C29H30FN3O5S. The molecule has 2 aromatic carbocycles. The molecule has 1 fully saturated rings. The van der Waals surface area contributed by atoms with Crippen LogP contribution in [0.2, 0.25) is 0 Å². The first-order valence-corrected chi connectivity index (χ1v) is 14.5. The second-order valence-corrected chi connectivity index (χ2v) is 11.7. The summed E-state index contributed by atoms with van der Waals surface area (Å²) in [6.07, 6.45) is 4.58. The topological polar surface area (TPSA) is 94.6 Å². The number of hydrogen-bond donors (Lipinski definition) is 0. The number of halogens is 1. The average Bonchev–Trinajstić information content (AvgIpc) is 3.69. The van der Waals surface area contributed by atoms with Crippen molar-refractivity contribution in [2.75, 3.05) is 6.61 Å². The molecule has 1 unspecified atom stereocenters. The van der Waals surface area contributed by atoms with Gasteiger partial charge in [0.25, 0.3) is 5.91 Å². The van der Waals surface area contributed by atoms with Gasteiger partial charge >= 0.3 is 0 Å². The van der Waals surface area contributed by atoms with Crippen molar-refractivity contribution in [3.8, 4) is 0 Å². The summed E-state index contributed by atoms with van der Waals surface area (Å²) in [4.78, 5) is 19.5. The number of amides is 1. The van der Waals surface area contributed by atoms with Crippen molar-refractivity contribution >= 4 is 15.7 Å². The van der Waals surface area contributed by atoms with Crippen molar-refractivity contribution in [3.63, 3.8) is 0 Å². The van der Waals surface area contributed by atoms with Crippen molar-refractivity contribution in [1.82, 2.24) is 14.5 Å². The molecule has 8 nitrogen and oxygen atoms in total. The maximum absolute atomic E-state index is 13.6. The van der Waals surface area contributed by atoms with Gasteiger partial charge in [0.05, 0.1) is 49.6 Å². The van der Waals surface area contributed by atoms with Crippen LogP contribution in [0.3, 0.4) is 0 Å². The molecule has 10 heteroatoms. The van der Waals surface area contributed by atoms with Crippen LogP contribution in [0.4, 0.5) is 4.39 Å². The third-order valence-electron chi connectivity index (χ3n) is 6.73. The van der Waals surface area contributed by atoms with Gasteiger partial charge in [-0.25, -0.2) is 17.8 Å². The van der Waals surface area contributed by atoms with Crippen LogP contribution in [-0.2, 0) is 40.0 Å². The van der Waals surface area contributed by atoms with Gasteiger partial charge in [0.2, 0.25) is 15.0 Å². The molecule has 1 saturated heterocycles. The minimum absolute atomic E-state index is 0.0990. The lowest BCUT2D eigenvalue weighted by molar-refractivity contribution is 0.0706. The monoisotopic (exact) mass is 551 g/mol. The number of nitrogens with zero attached hydrogens (tertiary/aromatic N) is 3. The highest BCUT2D eigenvalue weighted by Gasteiger charge is 2.29. The summed E-state index contributed by atoms with van der Waals surface area (Å²) in [5.41, 5.74) is 2.57. The van der Waals surface area contributed by atoms with E-state index >= 15 is 0 Å². The highest BCUT2D eigenvalue weighted by Crippen LogP contribution is 2.24. The van der Waals surface area contributed by atoms with Gasteiger partial charge in [0.1, 0.15) is 11.6 Å². The third-order valence-corrected chi connectivity index (χ3v) is 8.32. The Kier molecular flexibility index (Phi) is 7.94. The predicted molar refractivity (Wildman–Crippen MR) is 142 cm³/mol. The van der Waals surface area contributed by atoms with Crippen LogP contribution in [-0.4, -0.2) is 41.5 Å². The van der Waals surface area contributed by atoms with E-state index in [0.29, 0.717) is 35.7 Å². The summed E-state index contributed by atoms with van der Waals surface area (Å²) in [5.74, 6) is -0.377. The number of imidazole rings is 1. The van der Waals surface area contributed by atoms with E-state index in [4.69, 9.17) is 9.15 Å². The zero-order valence-corrected chi connectivity index (χ0v) is 22.4. The van der Waals surface area contributed by atoms with Crippen LogP contribution in [0, 0.1) is 12.7 Å². The lowest BCUT2D eigenvalue weighted by Gasteiger charge is -2.24. The van der Waals surface area contributed by atoms with Crippen molar-refractivity contribution < 1.29 is 26.8 Å². The summed E-state index contributed by atoms with van der Waals surface area (Å²) in [7, 11) is -3.89. The third kappa shape index (κ3) is 6.46. The number of hydrogen-bond acceptors (Lipinski definition) is 6. The van der Waals surface area contributed by atoms with Gasteiger partial charge in [-0.3, -0.25) is 4.79 Å². The number of aromatic nitrogens is 2. The SMILES string of the molecule is Cc1ccc(C(=O)N(Cc2ccco2)Cc2cnc(S(=O)(=O)Cc3ccc(F)cc3)n2CC2CCCO2)cc1. The summed E-state index contributed by atoms with van der Waals surface area (Å²) < 4.78 is 53.4. The second kappa shape index (κ2) is 11.5. The van der Waals surface area contributed by atoms with E-state index in [2.05, 4.69) is 4.98 Å². The zero-order valence-electron chi connectivity index (χ0n) is 21.6. The van der Waals surface area contributed by atoms with Gasteiger partial charge in [-0.1, -0.05) is 29.8 Å². The number of rotatable bonds is 10. The van der Waals surface area contributed by atoms with Crippen LogP contribution in [0.25, 0.3) is 0 Å². The quantitative estimate of drug-likeness (QED) is 0.278. The van der Waals surface area contributed by atoms with Crippen molar-refractivity contribution in [1.29, 1.82) is 0 Å². The molecule has 1 amide bonds. The van der Waals surface area contributed by atoms with E-state index in [1.54, 1.807) is 40.0 Å². The maximum atomic E-state index is 13.6. The Bertz CT molecular complexity index is 1510. The molecule has 0 radical (unpaired) electrons. The summed E-state index contributed by atoms with van der Waals surface area (Å²) >= 11 is 0. The van der Waals surface area contributed by atoms with Gasteiger partial charge in [-0.15, -0.1) is 0 Å². The number of carbonyl (C=O) groups is 1. The lowest BCUT2D eigenvalue weighted by atomic mass is 10.1. The first-order valence-electron chi connectivity index (χ1n) is 12.8. The maximum Gasteiger partial charge on any atom is 0.254 e. The first-order chi connectivity index (χ1) is 18.8. The Labute approximate surface area is 227 Å². The predicted octanol–water partition coefficient (Wildman–Crippen LogP) is 4.92. The Morgan fingerprint density at radius 3 is 2.54 bits per heavy atom. The molecule has 0 N–H and O–H groups in total. The molecule has 5 rings (SSSR count). The summed E-state index contributed by atoms with van der Waals surface area (Å²) in [6, 6.07) is 16.2. The van der Waals surface area contributed by atoms with Crippen LogP contribution in [0.1, 0.15) is 45.8 Å². The molecule has 3 heterocycles. The molecule has 0 bridgehead atoms. The molecule has 39 heavy (non-hydrogen) atoms. The normalized spacial score (nSPS) is 15.5. The van der Waals surface area contributed by atoms with Crippen LogP contribution in [0.15, 0.2) is 82.7 Å². The molecular weight excluding hydrogens is 521 g/mol. The minimum Gasteiger partial charge on any atom is -0.467 e. The standard InChI is InChI=1S/C29H30FN3O5S/c1-21-6-10-23(11-7-21)28(34)32(18-26-4-2-14-37-26)17-25-16-31-29(33(25)19-27-5-3-15-38-27)39(35,36)20-22-8-12-24(30)13-9-22/h2,4,6-14,16,27H,3,5,15,17-20H2,1H3. The number of aryl methyl sites for hydroxylation is 1. The van der Waals surface area contributed by atoms with Gasteiger partial charge in [0, 0.05) is 12.2 Å². The Morgan fingerprint density at radius 1 is 1.10 bits per heavy atom. The number of furan rings is 1. The molecule has 2 aromatic heterocycles.